The summed E-state index contributed by atoms with van der Waals surface area (Å²) < 4.78 is 23.3. The van der Waals surface area contributed by atoms with Gasteiger partial charge in [0, 0.05) is 30.6 Å². The van der Waals surface area contributed by atoms with Gasteiger partial charge in [-0.05, 0) is 32.6 Å². The molecule has 0 bridgehead atoms. The Labute approximate surface area is 121 Å². The summed E-state index contributed by atoms with van der Waals surface area (Å²) in [5.74, 6) is 2.06. The minimum absolute atomic E-state index is 0.178. The summed E-state index contributed by atoms with van der Waals surface area (Å²) in [5.41, 5.74) is 2.35. The topological polar surface area (TPSA) is 63.2 Å². The van der Waals surface area contributed by atoms with E-state index < -0.39 is 9.84 Å². The fourth-order valence-electron chi connectivity index (χ4n) is 2.54. The monoisotopic (exact) mass is 297 g/mol. The second-order valence-electron chi connectivity index (χ2n) is 5.38. The van der Waals surface area contributed by atoms with E-state index >= 15 is 0 Å². The van der Waals surface area contributed by atoms with Crippen LogP contribution < -0.4 is 4.90 Å². The number of hydrogen-bond acceptors (Lipinski definition) is 5. The Morgan fingerprint density at radius 1 is 1.20 bits per heavy atom. The summed E-state index contributed by atoms with van der Waals surface area (Å²) in [6.07, 6.45) is 4.34. The highest BCUT2D eigenvalue weighted by atomic mass is 32.2. The largest absolute Gasteiger partial charge is 0.358 e. The van der Waals surface area contributed by atoms with Crippen molar-refractivity contribution in [1.29, 1.82) is 0 Å². The first-order chi connectivity index (χ1) is 9.43. The lowest BCUT2D eigenvalue weighted by Gasteiger charge is -2.25. The van der Waals surface area contributed by atoms with Crippen LogP contribution in [0, 0.1) is 6.92 Å². The molecule has 0 amide bonds. The van der Waals surface area contributed by atoms with Gasteiger partial charge in [0.05, 0.1) is 5.75 Å². The van der Waals surface area contributed by atoms with E-state index in [0.717, 1.165) is 36.6 Å². The third kappa shape index (κ3) is 3.48. The van der Waals surface area contributed by atoms with Crippen LogP contribution in [0.4, 0.5) is 5.82 Å². The molecule has 1 aliphatic rings. The van der Waals surface area contributed by atoms with Crippen LogP contribution in [-0.4, -0.2) is 43.5 Å². The first kappa shape index (κ1) is 15.2. The lowest BCUT2D eigenvalue weighted by molar-refractivity contribution is 0.596. The molecule has 0 N–H and O–H groups in total. The van der Waals surface area contributed by atoms with E-state index in [1.807, 2.05) is 18.9 Å². The average Bonchev–Trinajstić information content (AvgIpc) is 2.44. The van der Waals surface area contributed by atoms with E-state index in [1.165, 1.54) is 12.0 Å². The molecule has 0 unspecified atom stereocenters. The van der Waals surface area contributed by atoms with E-state index in [0.29, 0.717) is 6.54 Å². The molecule has 20 heavy (non-hydrogen) atoms. The zero-order chi connectivity index (χ0) is 14.8. The molecule has 5 nitrogen and oxygen atoms in total. The smallest absolute Gasteiger partial charge is 0.151 e. The van der Waals surface area contributed by atoms with Gasteiger partial charge in [-0.3, -0.25) is 0 Å². The maximum absolute atomic E-state index is 11.6. The van der Waals surface area contributed by atoms with E-state index in [4.69, 9.17) is 0 Å². The van der Waals surface area contributed by atoms with Crippen molar-refractivity contribution in [3.8, 4) is 0 Å². The van der Waals surface area contributed by atoms with Gasteiger partial charge >= 0.3 is 0 Å². The molecule has 0 saturated carbocycles. The zero-order valence-electron chi connectivity index (χ0n) is 12.5. The molecule has 0 fully saturated rings. The summed E-state index contributed by atoms with van der Waals surface area (Å²) >= 11 is 0. The summed E-state index contributed by atoms with van der Waals surface area (Å²) in [7, 11) is -1.02. The Kier molecular flexibility index (Phi) is 4.62. The standard InChI is InChI=1S/C14H23N3O2S/c1-4-20(18,19)10-9-17(3)14-12-7-5-6-8-13(12)15-11(2)16-14/h4-10H2,1-3H3. The number of anilines is 1. The van der Waals surface area contributed by atoms with Crippen LogP contribution in [0.1, 0.15) is 36.8 Å². The third-order valence-electron chi connectivity index (χ3n) is 3.81. The molecule has 0 radical (unpaired) electrons. The van der Waals surface area contributed by atoms with Crippen molar-refractivity contribution in [1.82, 2.24) is 9.97 Å². The van der Waals surface area contributed by atoms with Gasteiger partial charge in [-0.1, -0.05) is 6.92 Å². The molecule has 0 aromatic carbocycles. The molecule has 1 aromatic rings. The van der Waals surface area contributed by atoms with Gasteiger partial charge in [0.2, 0.25) is 0 Å². The SMILES string of the molecule is CCS(=O)(=O)CCN(C)c1nc(C)nc2c1CCCC2. The molecule has 2 rings (SSSR count). The van der Waals surface area contributed by atoms with Gasteiger partial charge in [0.1, 0.15) is 11.6 Å². The van der Waals surface area contributed by atoms with Gasteiger partial charge in [-0.15, -0.1) is 0 Å². The predicted octanol–water partition coefficient (Wildman–Crippen LogP) is 1.53. The van der Waals surface area contributed by atoms with Crippen molar-refractivity contribution < 1.29 is 8.42 Å². The van der Waals surface area contributed by atoms with Crippen LogP contribution in [0.5, 0.6) is 0 Å². The van der Waals surface area contributed by atoms with Crippen LogP contribution in [0.2, 0.25) is 0 Å². The van der Waals surface area contributed by atoms with E-state index in [9.17, 15) is 8.42 Å². The van der Waals surface area contributed by atoms with Gasteiger partial charge in [-0.2, -0.15) is 0 Å². The maximum Gasteiger partial charge on any atom is 0.151 e. The molecule has 112 valence electrons. The minimum Gasteiger partial charge on any atom is -0.358 e. The predicted molar refractivity (Wildman–Crippen MR) is 81.0 cm³/mol. The van der Waals surface area contributed by atoms with Crippen LogP contribution in [0.25, 0.3) is 0 Å². The molecule has 1 aliphatic carbocycles. The van der Waals surface area contributed by atoms with Crippen LogP contribution in [0.3, 0.4) is 0 Å². The number of nitrogens with zero attached hydrogens (tertiary/aromatic N) is 3. The summed E-state index contributed by atoms with van der Waals surface area (Å²) in [4.78, 5) is 11.0. The number of rotatable bonds is 5. The van der Waals surface area contributed by atoms with Crippen LogP contribution in [0.15, 0.2) is 0 Å². The highest BCUT2D eigenvalue weighted by molar-refractivity contribution is 7.91. The number of aromatic nitrogens is 2. The quantitative estimate of drug-likeness (QED) is 0.825. The van der Waals surface area contributed by atoms with Gasteiger partial charge in [0.15, 0.2) is 9.84 Å². The van der Waals surface area contributed by atoms with Crippen molar-refractivity contribution in [3.05, 3.63) is 17.1 Å². The minimum atomic E-state index is -2.94. The molecule has 1 heterocycles. The van der Waals surface area contributed by atoms with Gasteiger partial charge < -0.3 is 4.90 Å². The fraction of sp³-hybridized carbons (Fsp3) is 0.714. The lowest BCUT2D eigenvalue weighted by Crippen LogP contribution is -2.29. The number of aryl methyl sites for hydroxylation is 2. The van der Waals surface area contributed by atoms with Crippen molar-refractivity contribution in [2.24, 2.45) is 0 Å². The molecular formula is C14H23N3O2S. The zero-order valence-corrected chi connectivity index (χ0v) is 13.3. The highest BCUT2D eigenvalue weighted by Crippen LogP contribution is 2.27. The first-order valence-electron chi connectivity index (χ1n) is 7.21. The number of sulfone groups is 1. The summed E-state index contributed by atoms with van der Waals surface area (Å²) in [6, 6.07) is 0. The van der Waals surface area contributed by atoms with Crippen molar-refractivity contribution in [2.45, 2.75) is 39.5 Å². The van der Waals surface area contributed by atoms with E-state index in [1.54, 1.807) is 6.92 Å². The van der Waals surface area contributed by atoms with Crippen LogP contribution >= 0.6 is 0 Å². The van der Waals surface area contributed by atoms with Gasteiger partial charge in [-0.25, -0.2) is 18.4 Å². The Balaban J connectivity index is 2.21. The molecular weight excluding hydrogens is 274 g/mol. The highest BCUT2D eigenvalue weighted by Gasteiger charge is 2.20. The molecule has 6 heteroatoms. The molecule has 0 spiro atoms. The van der Waals surface area contributed by atoms with E-state index in [2.05, 4.69) is 9.97 Å². The fourth-order valence-corrected chi connectivity index (χ4v) is 3.38. The van der Waals surface area contributed by atoms with Gasteiger partial charge in [0.25, 0.3) is 0 Å². The number of fused-ring (bicyclic) bond motifs is 1. The van der Waals surface area contributed by atoms with Crippen molar-refractivity contribution in [3.63, 3.8) is 0 Å². The second-order valence-corrected chi connectivity index (χ2v) is 7.86. The molecule has 0 aliphatic heterocycles. The lowest BCUT2D eigenvalue weighted by atomic mass is 9.96. The second kappa shape index (κ2) is 6.08. The molecule has 0 saturated heterocycles. The number of hydrogen-bond donors (Lipinski definition) is 0. The Morgan fingerprint density at radius 2 is 1.90 bits per heavy atom. The van der Waals surface area contributed by atoms with Crippen LogP contribution in [-0.2, 0) is 22.7 Å². The Bertz CT molecular complexity index is 584. The first-order valence-corrected chi connectivity index (χ1v) is 9.03. The average molecular weight is 297 g/mol. The summed E-state index contributed by atoms with van der Waals surface area (Å²) in [6.45, 7) is 4.07. The normalized spacial score (nSPS) is 14.9. The maximum atomic E-state index is 11.6. The summed E-state index contributed by atoms with van der Waals surface area (Å²) in [5, 5.41) is 0. The molecule has 1 aromatic heterocycles. The van der Waals surface area contributed by atoms with Crippen molar-refractivity contribution >= 4 is 15.7 Å². The Hall–Kier alpha value is -1.17. The van der Waals surface area contributed by atoms with Crippen molar-refractivity contribution in [2.75, 3.05) is 30.0 Å². The third-order valence-corrected chi connectivity index (χ3v) is 5.50. The molecule has 0 atom stereocenters. The Morgan fingerprint density at radius 3 is 2.60 bits per heavy atom. The van der Waals surface area contributed by atoms with E-state index in [-0.39, 0.29) is 11.5 Å².